The van der Waals surface area contributed by atoms with Crippen LogP contribution in [0.15, 0.2) is 18.2 Å². The minimum Gasteiger partial charge on any atom is -0.497 e. The number of hydrazine groups is 1. The Kier molecular flexibility index (Phi) is 4.60. The second-order valence-corrected chi connectivity index (χ2v) is 3.25. The quantitative estimate of drug-likeness (QED) is 0.437. The smallest absolute Gasteiger partial charge is 0.234 e. The van der Waals surface area contributed by atoms with Crippen molar-refractivity contribution in [2.24, 2.45) is 5.84 Å². The largest absolute Gasteiger partial charge is 0.497 e. The number of rotatable bonds is 5. The van der Waals surface area contributed by atoms with Crippen LogP contribution in [0.4, 0.5) is 0 Å². The number of hydrogen-bond acceptors (Lipinski definition) is 4. The van der Waals surface area contributed by atoms with E-state index in [0.717, 1.165) is 17.1 Å². The Morgan fingerprint density at radius 1 is 1.38 bits per heavy atom. The summed E-state index contributed by atoms with van der Waals surface area (Å²) in [6.45, 7) is 0. The summed E-state index contributed by atoms with van der Waals surface area (Å²) >= 11 is 0. The van der Waals surface area contributed by atoms with Gasteiger partial charge in [-0.3, -0.25) is 10.2 Å². The van der Waals surface area contributed by atoms with Gasteiger partial charge in [-0.2, -0.15) is 0 Å². The van der Waals surface area contributed by atoms with Crippen molar-refractivity contribution in [2.45, 2.75) is 12.8 Å². The van der Waals surface area contributed by atoms with Crippen LogP contribution in [-0.2, 0) is 11.2 Å². The minimum atomic E-state index is -0.204. The summed E-state index contributed by atoms with van der Waals surface area (Å²) in [6, 6.07) is 5.47. The molecule has 0 fully saturated rings. The van der Waals surface area contributed by atoms with E-state index in [4.69, 9.17) is 15.3 Å². The number of benzene rings is 1. The zero-order chi connectivity index (χ0) is 12.0. The van der Waals surface area contributed by atoms with E-state index in [-0.39, 0.29) is 5.91 Å². The fraction of sp³-hybridized carbons (Fsp3) is 0.364. The van der Waals surface area contributed by atoms with Gasteiger partial charge in [0.2, 0.25) is 5.91 Å². The summed E-state index contributed by atoms with van der Waals surface area (Å²) < 4.78 is 10.3. The maximum atomic E-state index is 11.0. The van der Waals surface area contributed by atoms with Crippen molar-refractivity contribution in [3.8, 4) is 11.5 Å². The number of nitrogens with two attached hydrogens (primary N) is 1. The van der Waals surface area contributed by atoms with E-state index in [2.05, 4.69) is 5.43 Å². The molecule has 0 spiro atoms. The van der Waals surface area contributed by atoms with Gasteiger partial charge in [0.15, 0.2) is 0 Å². The Balaban J connectivity index is 2.78. The molecule has 1 rings (SSSR count). The third-order valence-corrected chi connectivity index (χ3v) is 2.27. The Morgan fingerprint density at radius 2 is 2.12 bits per heavy atom. The lowest BCUT2D eigenvalue weighted by molar-refractivity contribution is -0.121. The molecule has 0 unspecified atom stereocenters. The molecule has 1 amide bonds. The van der Waals surface area contributed by atoms with Crippen LogP contribution < -0.4 is 20.7 Å². The maximum Gasteiger partial charge on any atom is 0.234 e. The second kappa shape index (κ2) is 5.97. The third-order valence-electron chi connectivity index (χ3n) is 2.27. The van der Waals surface area contributed by atoms with Crippen LogP contribution in [0.1, 0.15) is 12.0 Å². The van der Waals surface area contributed by atoms with Gasteiger partial charge in [0.1, 0.15) is 11.5 Å². The number of aryl methyl sites for hydroxylation is 1. The highest BCUT2D eigenvalue weighted by Crippen LogP contribution is 2.24. The highest BCUT2D eigenvalue weighted by molar-refractivity contribution is 5.75. The molecule has 0 heterocycles. The van der Waals surface area contributed by atoms with Crippen LogP contribution in [-0.4, -0.2) is 20.1 Å². The summed E-state index contributed by atoms with van der Waals surface area (Å²) in [7, 11) is 3.19. The van der Waals surface area contributed by atoms with E-state index < -0.39 is 0 Å². The standard InChI is InChI=1S/C11H16N2O3/c1-15-9-4-5-10(16-2)8(7-9)3-6-11(14)13-12/h4-5,7H,3,6,12H2,1-2H3,(H,13,14). The van der Waals surface area contributed by atoms with E-state index in [1.807, 2.05) is 18.2 Å². The van der Waals surface area contributed by atoms with Crippen LogP contribution >= 0.6 is 0 Å². The van der Waals surface area contributed by atoms with Gasteiger partial charge < -0.3 is 9.47 Å². The summed E-state index contributed by atoms with van der Waals surface area (Å²) in [5, 5.41) is 0. The second-order valence-electron chi connectivity index (χ2n) is 3.25. The molecule has 0 saturated heterocycles. The van der Waals surface area contributed by atoms with Gasteiger partial charge in [-0.05, 0) is 30.2 Å². The molecule has 0 atom stereocenters. The molecule has 0 aliphatic rings. The lowest BCUT2D eigenvalue weighted by Crippen LogP contribution is -2.30. The number of nitrogens with one attached hydrogen (secondary N) is 1. The molecule has 1 aromatic carbocycles. The molecule has 16 heavy (non-hydrogen) atoms. The number of ether oxygens (including phenoxy) is 2. The van der Waals surface area contributed by atoms with Crippen molar-refractivity contribution in [2.75, 3.05) is 14.2 Å². The molecule has 0 radical (unpaired) electrons. The fourth-order valence-electron chi connectivity index (χ4n) is 1.40. The molecule has 88 valence electrons. The lowest BCUT2D eigenvalue weighted by atomic mass is 10.1. The van der Waals surface area contributed by atoms with E-state index in [1.54, 1.807) is 14.2 Å². The molecule has 0 bridgehead atoms. The van der Waals surface area contributed by atoms with Gasteiger partial charge in [0.05, 0.1) is 14.2 Å². The monoisotopic (exact) mass is 224 g/mol. The molecular weight excluding hydrogens is 208 g/mol. The van der Waals surface area contributed by atoms with Crippen molar-refractivity contribution >= 4 is 5.91 Å². The van der Waals surface area contributed by atoms with E-state index in [1.165, 1.54) is 0 Å². The first-order valence-electron chi connectivity index (χ1n) is 4.91. The molecule has 0 aliphatic carbocycles. The molecule has 3 N–H and O–H groups in total. The normalized spacial score (nSPS) is 9.69. The highest BCUT2D eigenvalue weighted by Gasteiger charge is 2.07. The first-order chi connectivity index (χ1) is 7.71. The highest BCUT2D eigenvalue weighted by atomic mass is 16.5. The Labute approximate surface area is 94.5 Å². The van der Waals surface area contributed by atoms with Gasteiger partial charge >= 0.3 is 0 Å². The van der Waals surface area contributed by atoms with Gasteiger partial charge in [0.25, 0.3) is 0 Å². The van der Waals surface area contributed by atoms with Gasteiger partial charge in [0, 0.05) is 6.42 Å². The number of methoxy groups -OCH3 is 2. The fourth-order valence-corrected chi connectivity index (χ4v) is 1.40. The summed E-state index contributed by atoms with van der Waals surface area (Å²) in [4.78, 5) is 11.0. The molecule has 0 saturated carbocycles. The summed E-state index contributed by atoms with van der Waals surface area (Å²) in [6.07, 6.45) is 0.878. The number of amides is 1. The predicted molar refractivity (Wildman–Crippen MR) is 60.2 cm³/mol. The predicted octanol–water partition coefficient (Wildman–Crippen LogP) is 0.626. The van der Waals surface area contributed by atoms with Crippen LogP contribution in [0.3, 0.4) is 0 Å². The van der Waals surface area contributed by atoms with Crippen molar-refractivity contribution in [3.05, 3.63) is 23.8 Å². The van der Waals surface area contributed by atoms with Crippen LogP contribution in [0.2, 0.25) is 0 Å². The molecule has 0 aromatic heterocycles. The average Bonchev–Trinajstić information content (AvgIpc) is 2.35. The maximum absolute atomic E-state index is 11.0. The molecule has 5 heteroatoms. The summed E-state index contributed by atoms with van der Waals surface area (Å²) in [5.74, 6) is 6.28. The minimum absolute atomic E-state index is 0.204. The van der Waals surface area contributed by atoms with Crippen molar-refractivity contribution < 1.29 is 14.3 Å². The SMILES string of the molecule is COc1ccc(OC)c(CCC(=O)NN)c1. The first-order valence-corrected chi connectivity index (χ1v) is 4.91. The zero-order valence-corrected chi connectivity index (χ0v) is 9.45. The molecule has 1 aromatic rings. The summed E-state index contributed by atoms with van der Waals surface area (Å²) in [5.41, 5.74) is 3.01. The molecule has 5 nitrogen and oxygen atoms in total. The van der Waals surface area contributed by atoms with Crippen LogP contribution in [0.5, 0.6) is 11.5 Å². The van der Waals surface area contributed by atoms with Gasteiger partial charge in [-0.1, -0.05) is 0 Å². The lowest BCUT2D eigenvalue weighted by Gasteiger charge is -2.09. The van der Waals surface area contributed by atoms with Crippen molar-refractivity contribution in [1.82, 2.24) is 5.43 Å². The van der Waals surface area contributed by atoms with Crippen molar-refractivity contribution in [1.29, 1.82) is 0 Å². The molecule has 0 aliphatic heterocycles. The van der Waals surface area contributed by atoms with Gasteiger partial charge in [-0.15, -0.1) is 0 Å². The van der Waals surface area contributed by atoms with Crippen LogP contribution in [0.25, 0.3) is 0 Å². The number of carbonyl (C=O) groups excluding carboxylic acids is 1. The van der Waals surface area contributed by atoms with E-state index in [0.29, 0.717) is 12.8 Å². The van der Waals surface area contributed by atoms with E-state index in [9.17, 15) is 4.79 Å². The van der Waals surface area contributed by atoms with Crippen molar-refractivity contribution in [3.63, 3.8) is 0 Å². The Morgan fingerprint density at radius 3 is 2.69 bits per heavy atom. The Bertz CT molecular complexity index is 366. The van der Waals surface area contributed by atoms with E-state index >= 15 is 0 Å². The number of hydrogen-bond donors (Lipinski definition) is 2. The average molecular weight is 224 g/mol. The van der Waals surface area contributed by atoms with Gasteiger partial charge in [-0.25, -0.2) is 5.84 Å². The Hall–Kier alpha value is -1.75. The zero-order valence-electron chi connectivity index (χ0n) is 9.45. The number of carbonyl (C=O) groups is 1. The molecular formula is C11H16N2O3. The first kappa shape index (κ1) is 12.3. The third kappa shape index (κ3) is 3.13. The topological polar surface area (TPSA) is 73.6 Å². The van der Waals surface area contributed by atoms with Crippen LogP contribution in [0, 0.1) is 0 Å².